The van der Waals surface area contributed by atoms with E-state index in [1.54, 1.807) is 13.1 Å². The first-order valence-corrected chi connectivity index (χ1v) is 8.30. The van der Waals surface area contributed by atoms with E-state index >= 15 is 0 Å². The summed E-state index contributed by atoms with van der Waals surface area (Å²) in [5.41, 5.74) is 2.68. The van der Waals surface area contributed by atoms with E-state index in [-0.39, 0.29) is 6.04 Å². The number of likely N-dealkylation sites (tertiary alicyclic amines) is 1. The smallest absolute Gasteiger partial charge is 0.139 e. The van der Waals surface area contributed by atoms with E-state index in [0.29, 0.717) is 12.2 Å². The second-order valence-corrected chi connectivity index (χ2v) is 6.40. The summed E-state index contributed by atoms with van der Waals surface area (Å²) in [6.45, 7) is 4.39. The molecule has 1 aliphatic heterocycles. The van der Waals surface area contributed by atoms with Gasteiger partial charge in [-0.2, -0.15) is 5.26 Å². The summed E-state index contributed by atoms with van der Waals surface area (Å²) >= 11 is 0. The summed E-state index contributed by atoms with van der Waals surface area (Å²) < 4.78 is 2.18. The Morgan fingerprint density at radius 1 is 1.54 bits per heavy atom. The van der Waals surface area contributed by atoms with Crippen molar-refractivity contribution in [1.29, 1.82) is 5.26 Å². The second kappa shape index (κ2) is 5.89. The molecule has 0 bridgehead atoms. The molecule has 2 atom stereocenters. The largest absolute Gasteiger partial charge is 0.385 e. The van der Waals surface area contributed by atoms with Gasteiger partial charge in [0.15, 0.2) is 0 Å². The fraction of sp³-hybridized carbons (Fsp3) is 0.471. The Morgan fingerprint density at radius 2 is 2.42 bits per heavy atom. The molecular weight excluding hydrogens is 304 g/mol. The van der Waals surface area contributed by atoms with Gasteiger partial charge in [0.1, 0.15) is 23.1 Å². The number of pyridine rings is 1. The summed E-state index contributed by atoms with van der Waals surface area (Å²) in [6.07, 6.45) is 4.54. The molecule has 0 aliphatic carbocycles. The third-order valence-corrected chi connectivity index (χ3v) is 4.79. The average Bonchev–Trinajstić information content (AvgIpc) is 3.28. The molecule has 1 fully saturated rings. The molecule has 0 amide bonds. The topological polar surface area (TPSA) is 93.8 Å². The normalized spacial score (nSPS) is 20.0. The van der Waals surface area contributed by atoms with E-state index in [9.17, 15) is 5.11 Å². The second-order valence-electron chi connectivity index (χ2n) is 6.40. The third-order valence-electron chi connectivity index (χ3n) is 4.79. The van der Waals surface area contributed by atoms with Crippen molar-refractivity contribution in [2.24, 2.45) is 0 Å². The van der Waals surface area contributed by atoms with Crippen molar-refractivity contribution in [3.8, 4) is 6.07 Å². The lowest BCUT2D eigenvalue weighted by atomic mass is 10.2. The zero-order valence-electron chi connectivity index (χ0n) is 13.6. The molecule has 0 saturated carbocycles. The van der Waals surface area contributed by atoms with Gasteiger partial charge in [-0.3, -0.25) is 0 Å². The van der Waals surface area contributed by atoms with Crippen molar-refractivity contribution in [1.82, 2.24) is 24.4 Å². The first-order chi connectivity index (χ1) is 11.7. The lowest BCUT2D eigenvalue weighted by Crippen LogP contribution is -2.23. The highest BCUT2D eigenvalue weighted by molar-refractivity contribution is 6.01. The first-order valence-electron chi connectivity index (χ1n) is 8.30. The number of fused-ring (bicyclic) bond motifs is 3. The van der Waals surface area contributed by atoms with Crippen LogP contribution in [-0.4, -0.2) is 49.2 Å². The number of hydrogen-bond acceptors (Lipinski definition) is 5. The number of nitrogens with zero attached hydrogens (tertiary/aromatic N) is 5. The van der Waals surface area contributed by atoms with Crippen LogP contribution < -0.4 is 0 Å². The maximum Gasteiger partial charge on any atom is 0.139 e. The zero-order valence-corrected chi connectivity index (χ0v) is 13.6. The molecule has 4 rings (SSSR count). The molecule has 1 saturated heterocycles. The number of imidazole rings is 1. The standard InChI is InChI=1S/C17H20N6O/c1-11(24)17-21-14-9-20-16-13(3-6-19-16)15(14)23(17)12-4-8-22(10-12)7-2-5-18/h3,6,9,11-12,24H,2,4,7-8,10H2,1H3,(H,19,20)/t11?,12-/m1/s1. The van der Waals surface area contributed by atoms with Crippen molar-refractivity contribution in [2.75, 3.05) is 19.6 Å². The molecule has 4 heterocycles. The minimum atomic E-state index is -0.639. The summed E-state index contributed by atoms with van der Waals surface area (Å²) in [6, 6.07) is 4.47. The molecule has 2 N–H and O–H groups in total. The van der Waals surface area contributed by atoms with Crippen LogP contribution in [0.4, 0.5) is 0 Å². The molecule has 1 aliphatic rings. The minimum absolute atomic E-state index is 0.249. The Bertz CT molecular complexity index is 918. The Hall–Kier alpha value is -2.43. The summed E-state index contributed by atoms with van der Waals surface area (Å²) in [5, 5.41) is 20.1. The maximum absolute atomic E-state index is 10.2. The van der Waals surface area contributed by atoms with Gasteiger partial charge >= 0.3 is 0 Å². The number of aliphatic hydroxyl groups is 1. The molecule has 0 spiro atoms. The van der Waals surface area contributed by atoms with Crippen LogP contribution in [0, 0.1) is 11.3 Å². The zero-order chi connectivity index (χ0) is 16.7. The van der Waals surface area contributed by atoms with Crippen LogP contribution in [0.25, 0.3) is 22.1 Å². The van der Waals surface area contributed by atoms with Crippen molar-refractivity contribution < 1.29 is 5.11 Å². The van der Waals surface area contributed by atoms with Gasteiger partial charge in [0, 0.05) is 43.7 Å². The number of aromatic amines is 1. The number of rotatable bonds is 4. The van der Waals surface area contributed by atoms with Crippen molar-refractivity contribution in [3.05, 3.63) is 24.3 Å². The van der Waals surface area contributed by atoms with Crippen LogP contribution in [-0.2, 0) is 0 Å². The Balaban J connectivity index is 1.82. The van der Waals surface area contributed by atoms with Crippen molar-refractivity contribution in [2.45, 2.75) is 31.9 Å². The molecule has 3 aromatic rings. The quantitative estimate of drug-likeness (QED) is 0.767. The average molecular weight is 324 g/mol. The molecule has 0 aromatic carbocycles. The molecule has 1 unspecified atom stereocenters. The number of H-pyrrole nitrogens is 1. The highest BCUT2D eigenvalue weighted by atomic mass is 16.3. The third kappa shape index (κ3) is 2.35. The van der Waals surface area contributed by atoms with Crippen LogP contribution in [0.5, 0.6) is 0 Å². The molecule has 0 radical (unpaired) electrons. The van der Waals surface area contributed by atoms with E-state index in [2.05, 4.69) is 30.5 Å². The highest BCUT2D eigenvalue weighted by Gasteiger charge is 2.29. The van der Waals surface area contributed by atoms with Crippen molar-refractivity contribution in [3.63, 3.8) is 0 Å². The monoisotopic (exact) mass is 324 g/mol. The summed E-state index contributed by atoms with van der Waals surface area (Å²) in [4.78, 5) is 14.5. The Labute approximate surface area is 139 Å². The fourth-order valence-electron chi connectivity index (χ4n) is 3.71. The van der Waals surface area contributed by atoms with Gasteiger partial charge in [-0.25, -0.2) is 9.97 Å². The summed E-state index contributed by atoms with van der Waals surface area (Å²) in [7, 11) is 0. The number of hydrogen-bond donors (Lipinski definition) is 2. The van der Waals surface area contributed by atoms with Crippen LogP contribution >= 0.6 is 0 Å². The van der Waals surface area contributed by atoms with Gasteiger partial charge in [-0.1, -0.05) is 0 Å². The van der Waals surface area contributed by atoms with Crippen molar-refractivity contribution >= 4 is 22.1 Å². The van der Waals surface area contributed by atoms with Crippen LogP contribution in [0.15, 0.2) is 18.5 Å². The molecule has 3 aromatic heterocycles. The number of aliphatic hydroxyl groups excluding tert-OH is 1. The maximum atomic E-state index is 10.2. The van der Waals surface area contributed by atoms with Crippen LogP contribution in [0.2, 0.25) is 0 Å². The first kappa shape index (κ1) is 15.1. The van der Waals surface area contributed by atoms with Crippen LogP contribution in [0.3, 0.4) is 0 Å². The summed E-state index contributed by atoms with van der Waals surface area (Å²) in [5.74, 6) is 0.688. The van der Waals surface area contributed by atoms with E-state index < -0.39 is 6.10 Å². The van der Waals surface area contributed by atoms with Gasteiger partial charge in [0.2, 0.25) is 0 Å². The number of aromatic nitrogens is 4. The van der Waals surface area contributed by atoms with Gasteiger partial charge in [0.25, 0.3) is 0 Å². The van der Waals surface area contributed by atoms with E-state index in [4.69, 9.17) is 5.26 Å². The predicted molar refractivity (Wildman–Crippen MR) is 90.3 cm³/mol. The predicted octanol–water partition coefficient (Wildman–Crippen LogP) is 2.13. The Kier molecular flexibility index (Phi) is 3.71. The lowest BCUT2D eigenvalue weighted by Gasteiger charge is -2.19. The fourth-order valence-corrected chi connectivity index (χ4v) is 3.71. The van der Waals surface area contributed by atoms with E-state index in [1.165, 1.54) is 0 Å². The highest BCUT2D eigenvalue weighted by Crippen LogP contribution is 2.33. The minimum Gasteiger partial charge on any atom is -0.385 e. The molecule has 124 valence electrons. The van der Waals surface area contributed by atoms with Gasteiger partial charge in [-0.15, -0.1) is 0 Å². The number of nitrogens with one attached hydrogen (secondary N) is 1. The van der Waals surface area contributed by atoms with E-state index in [0.717, 1.165) is 48.1 Å². The number of nitriles is 1. The van der Waals surface area contributed by atoms with Gasteiger partial charge < -0.3 is 19.6 Å². The molecular formula is C17H20N6O. The van der Waals surface area contributed by atoms with E-state index in [1.807, 2.05) is 12.3 Å². The SMILES string of the molecule is CC(O)c1nc2cnc3[nH]ccc3c2n1[C@@H]1CCN(CCC#N)C1. The lowest BCUT2D eigenvalue weighted by molar-refractivity contribution is 0.181. The van der Waals surface area contributed by atoms with Gasteiger partial charge in [-0.05, 0) is 19.4 Å². The van der Waals surface area contributed by atoms with Gasteiger partial charge in [0.05, 0.1) is 17.8 Å². The van der Waals surface area contributed by atoms with Crippen LogP contribution in [0.1, 0.15) is 37.7 Å². The molecule has 24 heavy (non-hydrogen) atoms. The molecule has 7 nitrogen and oxygen atoms in total. The Morgan fingerprint density at radius 3 is 3.21 bits per heavy atom. The molecule has 7 heteroatoms.